The van der Waals surface area contributed by atoms with Gasteiger partial charge in [0.1, 0.15) is 0 Å². The third-order valence-corrected chi connectivity index (χ3v) is 2.11. The lowest BCUT2D eigenvalue weighted by Crippen LogP contribution is -2.23. The molecule has 0 nitrogen and oxygen atoms in total. The molecule has 0 unspecified atom stereocenters. The molecule has 0 atom stereocenters. The molecule has 0 heterocycles. The van der Waals surface area contributed by atoms with Crippen molar-refractivity contribution in [3.05, 3.63) is 46.9 Å². The summed E-state index contributed by atoms with van der Waals surface area (Å²) in [6.07, 6.45) is 11.1. The van der Waals surface area contributed by atoms with E-state index in [1.165, 1.54) is 10.4 Å². The van der Waals surface area contributed by atoms with Crippen LogP contribution < -0.4 is 10.4 Å². The van der Waals surface area contributed by atoms with Crippen LogP contribution >= 0.6 is 0 Å². The Kier molecular flexibility index (Phi) is 2.08. The highest BCUT2D eigenvalue weighted by Crippen LogP contribution is 1.91. The van der Waals surface area contributed by atoms with Crippen LogP contribution in [0, 0.1) is 0 Å². The van der Waals surface area contributed by atoms with Crippen molar-refractivity contribution in [2.24, 2.45) is 0 Å². The summed E-state index contributed by atoms with van der Waals surface area (Å²) >= 11 is 0. The van der Waals surface area contributed by atoms with E-state index < -0.39 is 0 Å². The lowest BCUT2D eigenvalue weighted by Gasteiger charge is -1.93. The Labute approximate surface area is 72.5 Å². The lowest BCUT2D eigenvalue weighted by molar-refractivity contribution is 1.33. The molecule has 12 heavy (non-hydrogen) atoms. The van der Waals surface area contributed by atoms with Crippen molar-refractivity contribution in [3.63, 3.8) is 0 Å². The van der Waals surface area contributed by atoms with Crippen LogP contribution in [-0.4, -0.2) is 0 Å². The molecule has 1 aromatic rings. The Hall–Kier alpha value is -1.30. The number of fused-ring (bicyclic) bond motifs is 1. The van der Waals surface area contributed by atoms with Crippen LogP contribution in [0.3, 0.4) is 0 Å². The summed E-state index contributed by atoms with van der Waals surface area (Å²) in [4.78, 5) is 0. The van der Waals surface area contributed by atoms with E-state index in [-0.39, 0.29) is 0 Å². The average Bonchev–Trinajstić information content (AvgIpc) is 2.06. The second-order valence-corrected chi connectivity index (χ2v) is 2.98. The fraction of sp³-hybridized carbons (Fsp3) is 0.167. The number of allylic oxidation sites excluding steroid dienone is 2. The van der Waals surface area contributed by atoms with Gasteiger partial charge in [-0.25, -0.2) is 0 Å². The van der Waals surface area contributed by atoms with Gasteiger partial charge in [-0.2, -0.15) is 0 Å². The predicted octanol–water partition coefficient (Wildman–Crippen LogP) is 1.60. The monoisotopic (exact) mass is 156 g/mol. The smallest absolute Gasteiger partial charge is 0.0160 e. The van der Waals surface area contributed by atoms with Gasteiger partial charge in [0.05, 0.1) is 0 Å². The largest absolute Gasteiger partial charge is 0.0844 e. The van der Waals surface area contributed by atoms with Gasteiger partial charge in [0.2, 0.25) is 0 Å². The molecule has 0 amide bonds. The van der Waals surface area contributed by atoms with Gasteiger partial charge in [0.15, 0.2) is 0 Å². The van der Waals surface area contributed by atoms with E-state index in [1.54, 1.807) is 0 Å². The molecule has 0 aromatic heterocycles. The molecule has 0 aliphatic heterocycles. The summed E-state index contributed by atoms with van der Waals surface area (Å²) in [6.45, 7) is 0. The number of rotatable bonds is 0. The Balaban J connectivity index is 2.66. The maximum atomic E-state index is 2.27. The fourth-order valence-corrected chi connectivity index (χ4v) is 1.47. The maximum absolute atomic E-state index is 2.27. The van der Waals surface area contributed by atoms with E-state index in [9.17, 15) is 0 Å². The minimum atomic E-state index is 1.06. The number of hydrogen-bond acceptors (Lipinski definition) is 0. The maximum Gasteiger partial charge on any atom is -0.0160 e. The molecule has 0 heteroatoms. The molecule has 0 saturated heterocycles. The highest BCUT2D eigenvalue weighted by Gasteiger charge is 1.85. The van der Waals surface area contributed by atoms with Crippen LogP contribution in [-0.2, 0) is 0 Å². The second kappa shape index (κ2) is 3.40. The molecule has 60 valence electrons. The van der Waals surface area contributed by atoms with E-state index in [1.807, 2.05) is 0 Å². The molecule has 2 rings (SSSR count). The first kappa shape index (κ1) is 7.35. The number of hydrogen-bond donors (Lipinski definition) is 0. The quantitative estimate of drug-likeness (QED) is 0.500. The topological polar surface area (TPSA) is 0 Å². The summed E-state index contributed by atoms with van der Waals surface area (Å²) in [7, 11) is 0. The van der Waals surface area contributed by atoms with Crippen LogP contribution in [0.4, 0.5) is 0 Å². The molecule has 1 aliphatic carbocycles. The first-order valence-electron chi connectivity index (χ1n) is 4.37. The summed E-state index contributed by atoms with van der Waals surface area (Å²) in [5.74, 6) is 0. The lowest BCUT2D eigenvalue weighted by atomic mass is 10.1. The zero-order valence-electron chi connectivity index (χ0n) is 7.03. The van der Waals surface area contributed by atoms with Gasteiger partial charge in [0.25, 0.3) is 0 Å². The minimum absolute atomic E-state index is 1.06. The van der Waals surface area contributed by atoms with Gasteiger partial charge in [-0.3, -0.25) is 0 Å². The third kappa shape index (κ3) is 1.48. The first-order chi connectivity index (χ1) is 5.97. The first-order valence-corrected chi connectivity index (χ1v) is 4.37. The van der Waals surface area contributed by atoms with Gasteiger partial charge < -0.3 is 0 Å². The summed E-state index contributed by atoms with van der Waals surface area (Å²) < 4.78 is 0. The zero-order chi connectivity index (χ0) is 8.23. The Morgan fingerprint density at radius 3 is 1.75 bits per heavy atom. The Bertz CT molecular complexity index is 357. The normalized spacial score (nSPS) is 23.3. The second-order valence-electron chi connectivity index (χ2n) is 2.98. The van der Waals surface area contributed by atoms with E-state index in [0.717, 1.165) is 12.8 Å². The van der Waals surface area contributed by atoms with E-state index in [2.05, 4.69) is 48.6 Å². The van der Waals surface area contributed by atoms with Gasteiger partial charge in [-0.15, -0.1) is 0 Å². The zero-order valence-corrected chi connectivity index (χ0v) is 7.03. The molecular weight excluding hydrogens is 144 g/mol. The summed E-state index contributed by atoms with van der Waals surface area (Å²) in [5.41, 5.74) is 0. The molecule has 0 spiro atoms. The third-order valence-electron chi connectivity index (χ3n) is 2.11. The standard InChI is InChI=1S/C12H12/c1-2-4-8-12-10-6-5-9-11(12)7-3-1/h1-2,5-10H,3-4H2/b2-1-,11-7-,12-8-. The molecule has 0 fully saturated rings. The van der Waals surface area contributed by atoms with E-state index in [4.69, 9.17) is 0 Å². The van der Waals surface area contributed by atoms with Crippen molar-refractivity contribution >= 4 is 12.2 Å². The van der Waals surface area contributed by atoms with Crippen LogP contribution in [0.1, 0.15) is 12.8 Å². The Morgan fingerprint density at radius 1 is 0.750 bits per heavy atom. The van der Waals surface area contributed by atoms with E-state index >= 15 is 0 Å². The molecule has 0 radical (unpaired) electrons. The fourth-order valence-electron chi connectivity index (χ4n) is 1.47. The highest BCUT2D eigenvalue weighted by molar-refractivity contribution is 5.36. The van der Waals surface area contributed by atoms with E-state index in [0.29, 0.717) is 0 Å². The van der Waals surface area contributed by atoms with Crippen molar-refractivity contribution in [2.75, 3.05) is 0 Å². The van der Waals surface area contributed by atoms with Crippen LogP contribution in [0.25, 0.3) is 12.2 Å². The van der Waals surface area contributed by atoms with Crippen LogP contribution in [0.2, 0.25) is 0 Å². The molecule has 0 saturated carbocycles. The molecule has 1 aromatic carbocycles. The number of benzene rings is 1. The van der Waals surface area contributed by atoms with Gasteiger partial charge in [0, 0.05) is 0 Å². The van der Waals surface area contributed by atoms with Gasteiger partial charge in [-0.05, 0) is 23.3 Å². The Morgan fingerprint density at radius 2 is 1.25 bits per heavy atom. The predicted molar refractivity (Wildman–Crippen MR) is 53.0 cm³/mol. The minimum Gasteiger partial charge on any atom is -0.0844 e. The van der Waals surface area contributed by atoms with Crippen molar-refractivity contribution in [1.29, 1.82) is 0 Å². The van der Waals surface area contributed by atoms with Crippen molar-refractivity contribution in [1.82, 2.24) is 0 Å². The van der Waals surface area contributed by atoms with Gasteiger partial charge in [-0.1, -0.05) is 48.6 Å². The highest BCUT2D eigenvalue weighted by atomic mass is 13.9. The molecular formula is C12H12. The van der Waals surface area contributed by atoms with Crippen LogP contribution in [0.5, 0.6) is 0 Å². The van der Waals surface area contributed by atoms with Gasteiger partial charge >= 0.3 is 0 Å². The molecule has 0 bridgehead atoms. The van der Waals surface area contributed by atoms with Crippen molar-refractivity contribution in [3.8, 4) is 0 Å². The molecule has 0 N–H and O–H groups in total. The van der Waals surface area contributed by atoms with Crippen LogP contribution in [0.15, 0.2) is 36.4 Å². The summed E-state index contributed by atoms with van der Waals surface area (Å²) in [6, 6.07) is 8.53. The molecule has 1 aliphatic rings. The van der Waals surface area contributed by atoms with Crippen molar-refractivity contribution in [2.45, 2.75) is 12.8 Å². The summed E-state index contributed by atoms with van der Waals surface area (Å²) in [5, 5.41) is 2.73. The average molecular weight is 156 g/mol. The van der Waals surface area contributed by atoms with Crippen molar-refractivity contribution < 1.29 is 0 Å². The SMILES string of the molecule is C1=C\C/C=c2/cccc/c2=C/C/1.